The highest BCUT2D eigenvalue weighted by atomic mass is 32.1. The van der Waals surface area contributed by atoms with E-state index in [4.69, 9.17) is 4.74 Å². The van der Waals surface area contributed by atoms with Crippen LogP contribution in [0.15, 0.2) is 54.6 Å². The molecule has 0 unspecified atom stereocenters. The summed E-state index contributed by atoms with van der Waals surface area (Å²) in [6.07, 6.45) is 0. The fraction of sp³-hybridized carbons (Fsp3) is 0.273. The first kappa shape index (κ1) is 18.8. The van der Waals surface area contributed by atoms with Crippen molar-refractivity contribution < 1.29 is 9.53 Å². The molecule has 1 fully saturated rings. The Bertz CT molecular complexity index is 932. The molecule has 0 radical (unpaired) electrons. The van der Waals surface area contributed by atoms with E-state index in [-0.39, 0.29) is 5.91 Å². The van der Waals surface area contributed by atoms with Crippen molar-refractivity contribution >= 4 is 22.9 Å². The Morgan fingerprint density at radius 2 is 1.82 bits per heavy atom. The fourth-order valence-corrected chi connectivity index (χ4v) is 4.18. The Labute approximate surface area is 169 Å². The molecule has 0 aliphatic carbocycles. The monoisotopic (exact) mass is 393 g/mol. The molecule has 1 aliphatic heterocycles. The second-order valence-corrected chi connectivity index (χ2v) is 7.84. The molecule has 0 bridgehead atoms. The van der Waals surface area contributed by atoms with Crippen molar-refractivity contribution in [2.75, 3.05) is 31.6 Å². The molecule has 144 valence electrons. The molecular formula is C22H23N3O2S. The number of thiazole rings is 1. The number of benzene rings is 2. The minimum atomic E-state index is -0.113. The summed E-state index contributed by atoms with van der Waals surface area (Å²) in [7, 11) is 0. The molecule has 3 aromatic rings. The van der Waals surface area contributed by atoms with Crippen molar-refractivity contribution in [2.45, 2.75) is 13.5 Å². The number of carbonyl (C=O) groups is 1. The van der Waals surface area contributed by atoms with E-state index in [0.717, 1.165) is 54.8 Å². The van der Waals surface area contributed by atoms with Crippen molar-refractivity contribution in [1.29, 1.82) is 0 Å². The SMILES string of the molecule is Cc1nc(-c2ccccc2)sc1C(=O)Nc1ccc(CN2CCOCC2)cc1. The normalized spacial score (nSPS) is 14.8. The first-order valence-corrected chi connectivity index (χ1v) is 10.2. The van der Waals surface area contributed by atoms with E-state index in [1.165, 1.54) is 16.9 Å². The molecule has 1 aromatic heterocycles. The van der Waals surface area contributed by atoms with Gasteiger partial charge in [-0.2, -0.15) is 0 Å². The van der Waals surface area contributed by atoms with Gasteiger partial charge in [0.05, 0.1) is 18.9 Å². The van der Waals surface area contributed by atoms with E-state index >= 15 is 0 Å². The summed E-state index contributed by atoms with van der Waals surface area (Å²) in [5.41, 5.74) is 3.82. The Morgan fingerprint density at radius 1 is 1.11 bits per heavy atom. The molecule has 1 saturated heterocycles. The molecule has 28 heavy (non-hydrogen) atoms. The van der Waals surface area contributed by atoms with E-state index in [1.54, 1.807) is 0 Å². The number of ether oxygens (including phenoxy) is 1. The molecule has 1 amide bonds. The third kappa shape index (κ3) is 4.47. The zero-order valence-electron chi connectivity index (χ0n) is 15.9. The highest BCUT2D eigenvalue weighted by Gasteiger charge is 2.16. The lowest BCUT2D eigenvalue weighted by Crippen LogP contribution is -2.35. The maximum Gasteiger partial charge on any atom is 0.267 e. The third-order valence-corrected chi connectivity index (χ3v) is 5.95. The summed E-state index contributed by atoms with van der Waals surface area (Å²) in [4.78, 5) is 20.3. The van der Waals surface area contributed by atoms with Gasteiger partial charge in [-0.25, -0.2) is 4.98 Å². The van der Waals surface area contributed by atoms with Gasteiger partial charge in [-0.3, -0.25) is 9.69 Å². The summed E-state index contributed by atoms with van der Waals surface area (Å²) >= 11 is 1.42. The second kappa shape index (κ2) is 8.65. The molecule has 5 nitrogen and oxygen atoms in total. The first-order valence-electron chi connectivity index (χ1n) is 9.42. The van der Waals surface area contributed by atoms with E-state index in [9.17, 15) is 4.79 Å². The number of nitrogens with one attached hydrogen (secondary N) is 1. The van der Waals surface area contributed by atoms with Crippen LogP contribution in [0.1, 0.15) is 20.9 Å². The summed E-state index contributed by atoms with van der Waals surface area (Å²) < 4.78 is 5.39. The predicted octanol–water partition coefficient (Wildman–Crippen LogP) is 4.20. The maximum atomic E-state index is 12.7. The van der Waals surface area contributed by atoms with Crippen molar-refractivity contribution in [1.82, 2.24) is 9.88 Å². The van der Waals surface area contributed by atoms with Gasteiger partial charge in [-0.05, 0) is 24.6 Å². The van der Waals surface area contributed by atoms with Gasteiger partial charge in [0.25, 0.3) is 5.91 Å². The van der Waals surface area contributed by atoms with Crippen LogP contribution in [0.5, 0.6) is 0 Å². The van der Waals surface area contributed by atoms with Crippen molar-refractivity contribution in [3.05, 3.63) is 70.7 Å². The molecule has 1 N–H and O–H groups in total. The standard InChI is InChI=1S/C22H23N3O2S/c1-16-20(28-22(23-16)18-5-3-2-4-6-18)21(26)24-19-9-7-17(8-10-19)15-25-11-13-27-14-12-25/h2-10H,11-15H2,1H3,(H,24,26). The summed E-state index contributed by atoms with van der Waals surface area (Å²) in [5.74, 6) is -0.113. The zero-order chi connectivity index (χ0) is 19.3. The van der Waals surface area contributed by atoms with E-state index < -0.39 is 0 Å². The number of hydrogen-bond donors (Lipinski definition) is 1. The van der Waals surface area contributed by atoms with Crippen LogP contribution in [0.4, 0.5) is 5.69 Å². The Balaban J connectivity index is 1.41. The minimum Gasteiger partial charge on any atom is -0.379 e. The molecule has 6 heteroatoms. The van der Waals surface area contributed by atoms with Crippen LogP contribution in [-0.2, 0) is 11.3 Å². The van der Waals surface area contributed by atoms with Gasteiger partial charge in [0, 0.05) is 30.9 Å². The van der Waals surface area contributed by atoms with E-state index in [2.05, 4.69) is 27.3 Å². The van der Waals surface area contributed by atoms with Crippen LogP contribution < -0.4 is 5.32 Å². The number of aromatic nitrogens is 1. The number of carbonyl (C=O) groups excluding carboxylic acids is 1. The highest BCUT2D eigenvalue weighted by molar-refractivity contribution is 7.17. The van der Waals surface area contributed by atoms with Crippen LogP contribution in [-0.4, -0.2) is 42.1 Å². The van der Waals surface area contributed by atoms with Crippen LogP contribution in [0.3, 0.4) is 0 Å². The molecule has 4 rings (SSSR count). The van der Waals surface area contributed by atoms with E-state index in [1.807, 2.05) is 49.4 Å². The number of amides is 1. The number of nitrogens with zero attached hydrogens (tertiary/aromatic N) is 2. The number of morpholine rings is 1. The summed E-state index contributed by atoms with van der Waals surface area (Å²) in [5, 5.41) is 3.86. The first-order chi connectivity index (χ1) is 13.7. The third-order valence-electron chi connectivity index (χ3n) is 4.75. The van der Waals surface area contributed by atoms with Crippen LogP contribution >= 0.6 is 11.3 Å². The van der Waals surface area contributed by atoms with Crippen molar-refractivity contribution in [3.63, 3.8) is 0 Å². The van der Waals surface area contributed by atoms with E-state index in [0.29, 0.717) is 4.88 Å². The smallest absolute Gasteiger partial charge is 0.267 e. The predicted molar refractivity (Wildman–Crippen MR) is 113 cm³/mol. The quantitative estimate of drug-likeness (QED) is 0.706. The molecule has 0 atom stereocenters. The Hall–Kier alpha value is -2.54. The minimum absolute atomic E-state index is 0.113. The van der Waals surface area contributed by atoms with Gasteiger partial charge in [0.2, 0.25) is 0 Å². The Kier molecular flexibility index (Phi) is 5.81. The zero-order valence-corrected chi connectivity index (χ0v) is 16.7. The van der Waals surface area contributed by atoms with Crippen molar-refractivity contribution in [2.24, 2.45) is 0 Å². The van der Waals surface area contributed by atoms with Crippen LogP contribution in [0.25, 0.3) is 10.6 Å². The van der Waals surface area contributed by atoms with Gasteiger partial charge >= 0.3 is 0 Å². The maximum absolute atomic E-state index is 12.7. The lowest BCUT2D eigenvalue weighted by molar-refractivity contribution is 0.0342. The molecule has 0 spiro atoms. The average Bonchev–Trinajstić information content (AvgIpc) is 3.13. The fourth-order valence-electron chi connectivity index (χ4n) is 3.21. The van der Waals surface area contributed by atoms with Gasteiger partial charge in [-0.15, -0.1) is 11.3 Å². The summed E-state index contributed by atoms with van der Waals surface area (Å²) in [6, 6.07) is 18.0. The molecular weight excluding hydrogens is 370 g/mol. The van der Waals surface area contributed by atoms with Crippen LogP contribution in [0.2, 0.25) is 0 Å². The molecule has 0 saturated carbocycles. The van der Waals surface area contributed by atoms with Crippen LogP contribution in [0, 0.1) is 6.92 Å². The van der Waals surface area contributed by atoms with Gasteiger partial charge < -0.3 is 10.1 Å². The van der Waals surface area contributed by atoms with Gasteiger partial charge in [0.1, 0.15) is 9.88 Å². The number of anilines is 1. The number of hydrogen-bond acceptors (Lipinski definition) is 5. The molecule has 2 aromatic carbocycles. The van der Waals surface area contributed by atoms with Crippen molar-refractivity contribution in [3.8, 4) is 10.6 Å². The second-order valence-electron chi connectivity index (χ2n) is 6.84. The topological polar surface area (TPSA) is 54.5 Å². The molecule has 1 aliphatic rings. The van der Waals surface area contributed by atoms with Gasteiger partial charge in [-0.1, -0.05) is 42.5 Å². The number of aryl methyl sites for hydroxylation is 1. The summed E-state index contributed by atoms with van der Waals surface area (Å²) in [6.45, 7) is 6.32. The Morgan fingerprint density at radius 3 is 2.54 bits per heavy atom. The highest BCUT2D eigenvalue weighted by Crippen LogP contribution is 2.28. The van der Waals surface area contributed by atoms with Gasteiger partial charge in [0.15, 0.2) is 0 Å². The average molecular weight is 394 g/mol. The lowest BCUT2D eigenvalue weighted by atomic mass is 10.2. The molecule has 2 heterocycles. The lowest BCUT2D eigenvalue weighted by Gasteiger charge is -2.26. The number of rotatable bonds is 5. The largest absolute Gasteiger partial charge is 0.379 e.